The van der Waals surface area contributed by atoms with Gasteiger partial charge in [-0.3, -0.25) is 0 Å². The quantitative estimate of drug-likeness (QED) is 0.381. The maximum Gasteiger partial charge on any atom is 0.222 e. The van der Waals surface area contributed by atoms with Gasteiger partial charge in [0.15, 0.2) is 0 Å². The zero-order valence-corrected chi connectivity index (χ0v) is 13.1. The van der Waals surface area contributed by atoms with Crippen LogP contribution in [0.1, 0.15) is 78.1 Å². The summed E-state index contributed by atoms with van der Waals surface area (Å²) in [7, 11) is 0. The van der Waals surface area contributed by atoms with Crippen LogP contribution >= 0.6 is 0 Å². The molecule has 1 aliphatic heterocycles. The molecule has 20 heavy (non-hydrogen) atoms. The van der Waals surface area contributed by atoms with E-state index in [0.29, 0.717) is 6.42 Å². The fourth-order valence-electron chi connectivity index (χ4n) is 2.74. The van der Waals surface area contributed by atoms with Crippen molar-refractivity contribution in [2.75, 3.05) is 0 Å². The van der Waals surface area contributed by atoms with E-state index in [1.807, 2.05) is 0 Å². The van der Waals surface area contributed by atoms with E-state index < -0.39 is 24.1 Å². The fraction of sp³-hybridized carbons (Fsp3) is 1.00. The van der Waals surface area contributed by atoms with Crippen LogP contribution in [-0.2, 0) is 4.74 Å². The van der Waals surface area contributed by atoms with Crippen molar-refractivity contribution in [1.29, 1.82) is 0 Å². The van der Waals surface area contributed by atoms with Crippen molar-refractivity contribution in [3.8, 4) is 0 Å². The van der Waals surface area contributed by atoms with E-state index in [4.69, 9.17) is 4.74 Å². The largest absolute Gasteiger partial charge is 0.390 e. The highest BCUT2D eigenvalue weighted by atomic mass is 16.8. The Morgan fingerprint density at radius 1 is 0.950 bits per heavy atom. The lowest BCUT2D eigenvalue weighted by atomic mass is 10.0. The van der Waals surface area contributed by atoms with Crippen LogP contribution in [0.3, 0.4) is 0 Å². The van der Waals surface area contributed by atoms with Crippen molar-refractivity contribution in [2.45, 2.75) is 102 Å². The van der Waals surface area contributed by atoms with Gasteiger partial charge in [-0.2, -0.15) is 0 Å². The smallest absolute Gasteiger partial charge is 0.222 e. The first-order chi connectivity index (χ1) is 9.52. The first kappa shape index (κ1) is 17.9. The molecule has 0 aliphatic carbocycles. The van der Waals surface area contributed by atoms with Gasteiger partial charge in [-0.05, 0) is 13.3 Å². The molecule has 120 valence electrons. The van der Waals surface area contributed by atoms with Crippen molar-refractivity contribution in [2.24, 2.45) is 0 Å². The third-order valence-corrected chi connectivity index (χ3v) is 4.16. The Morgan fingerprint density at radius 3 is 1.90 bits per heavy atom. The molecule has 4 heteroatoms. The average Bonchev–Trinajstić information content (AvgIpc) is 3.11. The van der Waals surface area contributed by atoms with Gasteiger partial charge in [0, 0.05) is 0 Å². The third-order valence-electron chi connectivity index (χ3n) is 4.16. The number of ether oxygens (including phenoxy) is 1. The first-order valence-corrected chi connectivity index (χ1v) is 8.28. The molecule has 0 bridgehead atoms. The van der Waals surface area contributed by atoms with E-state index in [1.165, 1.54) is 44.9 Å². The molecule has 4 nitrogen and oxygen atoms in total. The van der Waals surface area contributed by atoms with Gasteiger partial charge in [0.2, 0.25) is 5.79 Å². The molecule has 0 amide bonds. The normalized spacial score (nSPS) is 28.4. The highest BCUT2D eigenvalue weighted by Crippen LogP contribution is 2.40. The Bertz CT molecular complexity index is 257. The molecule has 0 aromatic carbocycles. The minimum atomic E-state index is -1.51. The van der Waals surface area contributed by atoms with E-state index in [2.05, 4.69) is 6.92 Å². The second-order valence-electron chi connectivity index (χ2n) is 6.16. The minimum Gasteiger partial charge on any atom is -0.390 e. The maximum absolute atomic E-state index is 9.92. The van der Waals surface area contributed by atoms with Gasteiger partial charge < -0.3 is 20.1 Å². The SMILES string of the molecule is CCCCCCCCCCCC(O)C1(O)OC1C(C)O. The van der Waals surface area contributed by atoms with Gasteiger partial charge in [-0.25, -0.2) is 0 Å². The van der Waals surface area contributed by atoms with E-state index in [9.17, 15) is 15.3 Å². The van der Waals surface area contributed by atoms with Crippen molar-refractivity contribution in [1.82, 2.24) is 0 Å². The molecule has 1 saturated heterocycles. The van der Waals surface area contributed by atoms with Crippen molar-refractivity contribution in [3.05, 3.63) is 0 Å². The number of epoxide rings is 1. The number of unbranched alkanes of at least 4 members (excludes halogenated alkanes) is 8. The molecule has 0 aromatic rings. The second kappa shape index (κ2) is 8.98. The summed E-state index contributed by atoms with van der Waals surface area (Å²) in [6.45, 7) is 3.79. The highest BCUT2D eigenvalue weighted by molar-refractivity contribution is 5.01. The van der Waals surface area contributed by atoms with Gasteiger partial charge in [0.1, 0.15) is 12.2 Å². The number of rotatable bonds is 12. The molecule has 4 unspecified atom stereocenters. The highest BCUT2D eigenvalue weighted by Gasteiger charge is 2.62. The molecule has 1 heterocycles. The van der Waals surface area contributed by atoms with Crippen LogP contribution in [-0.4, -0.2) is 39.4 Å². The van der Waals surface area contributed by atoms with E-state index in [-0.39, 0.29) is 0 Å². The lowest BCUT2D eigenvalue weighted by molar-refractivity contribution is -0.0755. The number of aliphatic hydroxyl groups is 3. The Labute approximate surface area is 123 Å². The Morgan fingerprint density at radius 2 is 1.45 bits per heavy atom. The standard InChI is InChI=1S/C16H32O4/c1-3-4-5-6-7-8-9-10-11-12-14(18)16(19)15(20-16)13(2)17/h13-15,17-19H,3-12H2,1-2H3. The second-order valence-corrected chi connectivity index (χ2v) is 6.16. The molecular weight excluding hydrogens is 256 g/mol. The Balaban J connectivity index is 1.94. The number of aliphatic hydroxyl groups excluding tert-OH is 2. The van der Waals surface area contributed by atoms with Crippen molar-refractivity contribution in [3.63, 3.8) is 0 Å². The molecule has 1 rings (SSSR count). The molecule has 3 N–H and O–H groups in total. The monoisotopic (exact) mass is 288 g/mol. The molecule has 1 fully saturated rings. The zero-order valence-electron chi connectivity index (χ0n) is 13.1. The lowest BCUT2D eigenvalue weighted by Gasteiger charge is -2.15. The summed E-state index contributed by atoms with van der Waals surface area (Å²) < 4.78 is 5.02. The minimum absolute atomic E-state index is 0.537. The number of hydrogen-bond donors (Lipinski definition) is 3. The van der Waals surface area contributed by atoms with Crippen LogP contribution in [0.2, 0.25) is 0 Å². The van der Waals surface area contributed by atoms with Gasteiger partial charge >= 0.3 is 0 Å². The molecule has 0 saturated carbocycles. The summed E-state index contributed by atoms with van der Waals surface area (Å²) in [6.07, 6.45) is 9.34. The Kier molecular flexibility index (Phi) is 8.03. The van der Waals surface area contributed by atoms with Crippen LogP contribution in [0.25, 0.3) is 0 Å². The third kappa shape index (κ3) is 5.68. The van der Waals surface area contributed by atoms with Crippen LogP contribution in [0, 0.1) is 0 Å². The lowest BCUT2D eigenvalue weighted by Crippen LogP contribution is -2.35. The van der Waals surface area contributed by atoms with Crippen molar-refractivity contribution < 1.29 is 20.1 Å². The predicted molar refractivity (Wildman–Crippen MR) is 79.4 cm³/mol. The topological polar surface area (TPSA) is 73.2 Å². The summed E-state index contributed by atoms with van der Waals surface area (Å²) in [5.41, 5.74) is 0. The average molecular weight is 288 g/mol. The van der Waals surface area contributed by atoms with Crippen LogP contribution in [0.4, 0.5) is 0 Å². The van der Waals surface area contributed by atoms with Crippen molar-refractivity contribution >= 4 is 0 Å². The summed E-state index contributed by atoms with van der Waals surface area (Å²) in [4.78, 5) is 0. The van der Waals surface area contributed by atoms with Gasteiger partial charge in [0.25, 0.3) is 0 Å². The number of hydrogen-bond acceptors (Lipinski definition) is 4. The van der Waals surface area contributed by atoms with Gasteiger partial charge in [-0.1, -0.05) is 64.7 Å². The summed E-state index contributed by atoms with van der Waals surface area (Å²) >= 11 is 0. The van der Waals surface area contributed by atoms with Crippen LogP contribution < -0.4 is 0 Å². The molecule has 0 aromatic heterocycles. The fourth-order valence-corrected chi connectivity index (χ4v) is 2.74. The predicted octanol–water partition coefficient (Wildman–Crippen LogP) is 2.74. The van der Waals surface area contributed by atoms with E-state index in [0.717, 1.165) is 12.8 Å². The van der Waals surface area contributed by atoms with E-state index in [1.54, 1.807) is 6.92 Å². The first-order valence-electron chi connectivity index (χ1n) is 8.28. The molecule has 0 radical (unpaired) electrons. The summed E-state index contributed by atoms with van der Waals surface area (Å²) in [5, 5.41) is 29.1. The van der Waals surface area contributed by atoms with Crippen LogP contribution in [0.15, 0.2) is 0 Å². The Hall–Kier alpha value is -0.160. The molecular formula is C16H32O4. The van der Waals surface area contributed by atoms with E-state index >= 15 is 0 Å². The summed E-state index contributed by atoms with van der Waals surface area (Å²) in [5.74, 6) is -1.51. The van der Waals surface area contributed by atoms with Gasteiger partial charge in [-0.15, -0.1) is 0 Å². The zero-order chi connectivity index (χ0) is 15.0. The molecule has 1 aliphatic rings. The molecule has 4 atom stereocenters. The molecule has 0 spiro atoms. The van der Waals surface area contributed by atoms with Gasteiger partial charge in [0.05, 0.1) is 6.10 Å². The summed E-state index contributed by atoms with van der Waals surface area (Å²) in [6, 6.07) is 0. The van der Waals surface area contributed by atoms with Crippen LogP contribution in [0.5, 0.6) is 0 Å². The maximum atomic E-state index is 9.92.